The summed E-state index contributed by atoms with van der Waals surface area (Å²) < 4.78 is 16.2. The normalized spacial score (nSPS) is 10.1. The van der Waals surface area contributed by atoms with Crippen molar-refractivity contribution in [2.75, 3.05) is 31.0 Å². The summed E-state index contributed by atoms with van der Waals surface area (Å²) in [5, 5.41) is 5.58. The average molecular weight is 420 g/mol. The fourth-order valence-electron chi connectivity index (χ4n) is 2.83. The van der Waals surface area contributed by atoms with Crippen molar-refractivity contribution in [3.8, 4) is 17.2 Å². The summed E-state index contributed by atoms with van der Waals surface area (Å²) in [6, 6.07) is 20.9. The minimum atomic E-state index is -0.321. The van der Waals surface area contributed by atoms with Crippen LogP contribution in [0.15, 0.2) is 72.8 Å². The van der Waals surface area contributed by atoms with Gasteiger partial charge in [-0.05, 0) is 55.5 Å². The number of benzene rings is 3. The lowest BCUT2D eigenvalue weighted by Gasteiger charge is -2.12. The number of carbonyl (C=O) groups excluding carboxylic acids is 2. The van der Waals surface area contributed by atoms with E-state index in [-0.39, 0.29) is 18.4 Å². The molecule has 0 heterocycles. The van der Waals surface area contributed by atoms with Crippen molar-refractivity contribution in [2.24, 2.45) is 0 Å². The zero-order valence-electron chi connectivity index (χ0n) is 17.4. The number of hydrogen-bond acceptors (Lipinski definition) is 5. The second-order valence-corrected chi connectivity index (χ2v) is 6.44. The molecule has 2 amide bonds. The van der Waals surface area contributed by atoms with Crippen LogP contribution in [0, 0.1) is 0 Å². The molecule has 160 valence electrons. The summed E-state index contributed by atoms with van der Waals surface area (Å²) in [6.45, 7) is 2.21. The third kappa shape index (κ3) is 5.99. The van der Waals surface area contributed by atoms with Gasteiger partial charge in [0.1, 0.15) is 17.2 Å². The highest BCUT2D eigenvalue weighted by Crippen LogP contribution is 2.25. The molecule has 0 saturated heterocycles. The van der Waals surface area contributed by atoms with E-state index >= 15 is 0 Å². The van der Waals surface area contributed by atoms with E-state index in [0.717, 1.165) is 0 Å². The smallest absolute Gasteiger partial charge is 0.262 e. The second-order valence-electron chi connectivity index (χ2n) is 6.44. The van der Waals surface area contributed by atoms with Crippen molar-refractivity contribution >= 4 is 23.2 Å². The van der Waals surface area contributed by atoms with E-state index in [0.29, 0.717) is 40.8 Å². The van der Waals surface area contributed by atoms with Crippen LogP contribution in [-0.2, 0) is 4.79 Å². The third-order valence-corrected chi connectivity index (χ3v) is 4.30. The van der Waals surface area contributed by atoms with Gasteiger partial charge in [0.25, 0.3) is 11.8 Å². The highest BCUT2D eigenvalue weighted by Gasteiger charge is 2.11. The Morgan fingerprint density at radius 1 is 0.774 bits per heavy atom. The zero-order valence-corrected chi connectivity index (χ0v) is 17.4. The first-order chi connectivity index (χ1) is 15.1. The summed E-state index contributed by atoms with van der Waals surface area (Å²) in [5.41, 5.74) is 1.62. The van der Waals surface area contributed by atoms with Crippen molar-refractivity contribution in [2.45, 2.75) is 6.92 Å². The van der Waals surface area contributed by atoms with Crippen LogP contribution in [0.2, 0.25) is 0 Å². The van der Waals surface area contributed by atoms with Crippen molar-refractivity contribution in [1.82, 2.24) is 0 Å². The number of rotatable bonds is 9. The first-order valence-corrected chi connectivity index (χ1v) is 9.79. The highest BCUT2D eigenvalue weighted by molar-refractivity contribution is 6.05. The van der Waals surface area contributed by atoms with Crippen LogP contribution >= 0.6 is 0 Å². The Labute approximate surface area is 180 Å². The minimum Gasteiger partial charge on any atom is -0.495 e. The van der Waals surface area contributed by atoms with Gasteiger partial charge in [-0.1, -0.05) is 24.3 Å². The lowest BCUT2D eigenvalue weighted by atomic mass is 10.2. The number of para-hydroxylation sites is 4. The van der Waals surface area contributed by atoms with Crippen molar-refractivity contribution in [3.63, 3.8) is 0 Å². The van der Waals surface area contributed by atoms with Crippen LogP contribution in [0.1, 0.15) is 17.3 Å². The number of ether oxygens (including phenoxy) is 3. The molecule has 0 aliphatic carbocycles. The van der Waals surface area contributed by atoms with Crippen LogP contribution in [0.25, 0.3) is 0 Å². The molecule has 31 heavy (non-hydrogen) atoms. The largest absolute Gasteiger partial charge is 0.495 e. The molecule has 0 fully saturated rings. The highest BCUT2D eigenvalue weighted by atomic mass is 16.5. The van der Waals surface area contributed by atoms with Gasteiger partial charge in [0.15, 0.2) is 6.61 Å². The molecule has 7 heteroatoms. The summed E-state index contributed by atoms with van der Waals surface area (Å²) in [6.07, 6.45) is 0. The Morgan fingerprint density at radius 2 is 1.39 bits per heavy atom. The number of nitrogens with one attached hydrogen (secondary N) is 2. The lowest BCUT2D eigenvalue weighted by Crippen LogP contribution is -2.20. The molecule has 0 unspecified atom stereocenters. The van der Waals surface area contributed by atoms with Gasteiger partial charge in [-0.25, -0.2) is 0 Å². The number of anilines is 2. The van der Waals surface area contributed by atoms with Crippen LogP contribution < -0.4 is 24.8 Å². The van der Waals surface area contributed by atoms with E-state index in [1.807, 2.05) is 25.1 Å². The van der Waals surface area contributed by atoms with Crippen LogP contribution in [0.4, 0.5) is 11.4 Å². The molecule has 3 rings (SSSR count). The molecule has 3 aromatic rings. The Balaban J connectivity index is 1.55. The van der Waals surface area contributed by atoms with Gasteiger partial charge in [0.05, 0.1) is 25.1 Å². The van der Waals surface area contributed by atoms with Gasteiger partial charge in [0, 0.05) is 5.56 Å². The third-order valence-electron chi connectivity index (χ3n) is 4.30. The molecule has 2 N–H and O–H groups in total. The van der Waals surface area contributed by atoms with Crippen molar-refractivity contribution in [3.05, 3.63) is 78.4 Å². The number of amides is 2. The van der Waals surface area contributed by atoms with E-state index in [4.69, 9.17) is 14.2 Å². The Morgan fingerprint density at radius 3 is 2.03 bits per heavy atom. The maximum Gasteiger partial charge on any atom is 0.262 e. The Bertz CT molecular complexity index is 1030. The molecule has 0 saturated carbocycles. The topological polar surface area (TPSA) is 85.9 Å². The first kappa shape index (κ1) is 21.7. The maximum atomic E-state index is 12.5. The molecule has 0 spiro atoms. The standard InChI is InChI=1S/C24H24N2O5/c1-3-30-22-11-7-5-9-20(22)26-24(28)17-12-14-18(15-13-17)31-16-23(27)25-19-8-4-6-10-21(19)29-2/h4-15H,3,16H2,1-2H3,(H,25,27)(H,26,28). The molecule has 0 bridgehead atoms. The quantitative estimate of drug-likeness (QED) is 0.537. The summed E-state index contributed by atoms with van der Waals surface area (Å²) in [4.78, 5) is 24.7. The molecule has 0 atom stereocenters. The van der Waals surface area contributed by atoms with Crippen molar-refractivity contribution in [1.29, 1.82) is 0 Å². The fraction of sp³-hybridized carbons (Fsp3) is 0.167. The number of methoxy groups -OCH3 is 1. The van der Waals surface area contributed by atoms with Gasteiger partial charge in [-0.3, -0.25) is 9.59 Å². The minimum absolute atomic E-state index is 0.175. The number of carbonyl (C=O) groups is 2. The molecule has 0 radical (unpaired) electrons. The second kappa shape index (κ2) is 10.7. The van der Waals surface area contributed by atoms with Crippen LogP contribution in [0.3, 0.4) is 0 Å². The fourth-order valence-corrected chi connectivity index (χ4v) is 2.83. The maximum absolute atomic E-state index is 12.5. The van der Waals surface area contributed by atoms with E-state index in [9.17, 15) is 9.59 Å². The van der Waals surface area contributed by atoms with Gasteiger partial charge in [-0.2, -0.15) is 0 Å². The molecule has 3 aromatic carbocycles. The molecule has 0 aliphatic heterocycles. The molecule has 0 aromatic heterocycles. The summed E-state index contributed by atoms with van der Waals surface area (Å²) >= 11 is 0. The molecule has 0 aliphatic rings. The van der Waals surface area contributed by atoms with Crippen molar-refractivity contribution < 1.29 is 23.8 Å². The van der Waals surface area contributed by atoms with Gasteiger partial charge < -0.3 is 24.8 Å². The van der Waals surface area contributed by atoms with E-state index in [1.165, 1.54) is 7.11 Å². The Hall–Kier alpha value is -4.00. The van der Waals surface area contributed by atoms with Gasteiger partial charge in [0.2, 0.25) is 0 Å². The van der Waals surface area contributed by atoms with Gasteiger partial charge >= 0.3 is 0 Å². The zero-order chi connectivity index (χ0) is 22.1. The molecule has 7 nitrogen and oxygen atoms in total. The van der Waals surface area contributed by atoms with Crippen LogP contribution in [-0.4, -0.2) is 32.1 Å². The monoisotopic (exact) mass is 420 g/mol. The number of hydrogen-bond donors (Lipinski definition) is 2. The SMILES string of the molecule is CCOc1ccccc1NC(=O)c1ccc(OCC(=O)Nc2ccccc2OC)cc1. The first-order valence-electron chi connectivity index (χ1n) is 9.79. The Kier molecular flexibility index (Phi) is 7.48. The lowest BCUT2D eigenvalue weighted by molar-refractivity contribution is -0.118. The predicted octanol–water partition coefficient (Wildman–Crippen LogP) is 4.36. The van der Waals surface area contributed by atoms with Gasteiger partial charge in [-0.15, -0.1) is 0 Å². The van der Waals surface area contributed by atoms with E-state index in [2.05, 4.69) is 10.6 Å². The summed E-state index contributed by atoms with van der Waals surface area (Å²) in [5.74, 6) is 1.06. The van der Waals surface area contributed by atoms with Crippen LogP contribution in [0.5, 0.6) is 17.2 Å². The molecular weight excluding hydrogens is 396 g/mol. The molecular formula is C24H24N2O5. The average Bonchev–Trinajstić information content (AvgIpc) is 2.80. The summed E-state index contributed by atoms with van der Waals surface area (Å²) in [7, 11) is 1.54. The van der Waals surface area contributed by atoms with E-state index < -0.39 is 0 Å². The predicted molar refractivity (Wildman–Crippen MR) is 119 cm³/mol. The van der Waals surface area contributed by atoms with E-state index in [1.54, 1.807) is 54.6 Å².